The van der Waals surface area contributed by atoms with Crippen molar-refractivity contribution >= 4 is 39.3 Å². The molecule has 242 valence electrons. The number of ether oxygens (including phenoxy) is 3. The lowest BCUT2D eigenvalue weighted by atomic mass is 9.93. The minimum Gasteiger partial charge on any atom is -0.489 e. The molecule has 0 amide bonds. The highest BCUT2D eigenvalue weighted by atomic mass is 16.5. The lowest BCUT2D eigenvalue weighted by molar-refractivity contribution is -0.127. The van der Waals surface area contributed by atoms with Crippen molar-refractivity contribution < 1.29 is 28.2 Å². The third kappa shape index (κ3) is 6.59. The van der Waals surface area contributed by atoms with E-state index in [2.05, 4.69) is 27.8 Å². The van der Waals surface area contributed by atoms with Crippen molar-refractivity contribution in [2.75, 3.05) is 19.0 Å². The highest BCUT2D eigenvalue weighted by Crippen LogP contribution is 2.31. The average molecular weight is 642 g/mol. The number of para-hydroxylation sites is 1. The van der Waals surface area contributed by atoms with E-state index in [0.717, 1.165) is 27.8 Å². The van der Waals surface area contributed by atoms with Crippen molar-refractivity contribution in [1.29, 1.82) is 0 Å². The molecule has 9 heteroatoms. The van der Waals surface area contributed by atoms with Gasteiger partial charge >= 0.3 is 5.97 Å². The van der Waals surface area contributed by atoms with E-state index in [0.29, 0.717) is 40.9 Å². The molecule has 48 heavy (non-hydrogen) atoms. The first-order chi connectivity index (χ1) is 23.4. The first kappa shape index (κ1) is 31.0. The fourth-order valence-electron chi connectivity index (χ4n) is 6.18. The number of anilines is 1. The summed E-state index contributed by atoms with van der Waals surface area (Å²) in [4.78, 5) is 31.2. The smallest absolute Gasteiger partial charge is 0.337 e. The van der Waals surface area contributed by atoms with Gasteiger partial charge in [0.25, 0.3) is 0 Å². The number of rotatable bonds is 11. The summed E-state index contributed by atoms with van der Waals surface area (Å²) in [6, 6.07) is 33.0. The standard InChI is InChI=1S/C39H35N3O6/c1-24-7-3-6-10-32(24)42-36(28-14-18-33-35(20-28)46-23-41-33)37(43)38(48-29-15-12-26(13-16-29)39(44)45-2)34-21-31(22-40-34)47-30-17-11-25-8-4-5-9-27(25)19-30/h3-20,23,31,34,36,38,40,42H,21-22H2,1-2H3/t31-,34-,36?,38?/m0/s1. The number of nitrogens with one attached hydrogen (secondary N) is 2. The van der Waals surface area contributed by atoms with Gasteiger partial charge < -0.3 is 29.3 Å². The Morgan fingerprint density at radius 2 is 1.67 bits per heavy atom. The molecule has 0 spiro atoms. The molecule has 0 radical (unpaired) electrons. The molecule has 9 nitrogen and oxygen atoms in total. The number of nitrogens with zero attached hydrogens (tertiary/aromatic N) is 1. The van der Waals surface area contributed by atoms with Crippen molar-refractivity contribution in [1.82, 2.24) is 10.3 Å². The lowest BCUT2D eigenvalue weighted by Gasteiger charge is -2.29. The Bertz CT molecular complexity index is 2070. The largest absolute Gasteiger partial charge is 0.489 e. The topological polar surface area (TPSA) is 112 Å². The number of esters is 1. The van der Waals surface area contributed by atoms with Crippen molar-refractivity contribution in [3.63, 3.8) is 0 Å². The predicted molar refractivity (Wildman–Crippen MR) is 184 cm³/mol. The zero-order valence-electron chi connectivity index (χ0n) is 26.6. The number of methoxy groups -OCH3 is 1. The molecule has 6 aromatic rings. The number of ketones is 1. The minimum absolute atomic E-state index is 0.182. The lowest BCUT2D eigenvalue weighted by Crippen LogP contribution is -2.47. The second-order valence-corrected chi connectivity index (χ2v) is 11.9. The molecule has 7 rings (SSSR count). The molecule has 0 aliphatic carbocycles. The molecule has 1 aliphatic rings. The Hall–Kier alpha value is -5.67. The van der Waals surface area contributed by atoms with E-state index in [-0.39, 0.29) is 17.9 Å². The number of carbonyl (C=O) groups excluding carboxylic acids is 2. The summed E-state index contributed by atoms with van der Waals surface area (Å²) in [6.45, 7) is 2.53. The molecular weight excluding hydrogens is 606 g/mol. The third-order valence-electron chi connectivity index (χ3n) is 8.75. The zero-order valence-corrected chi connectivity index (χ0v) is 26.6. The van der Waals surface area contributed by atoms with Crippen LogP contribution in [0.5, 0.6) is 11.5 Å². The van der Waals surface area contributed by atoms with Crippen LogP contribution in [0.3, 0.4) is 0 Å². The van der Waals surface area contributed by atoms with Crippen LogP contribution < -0.4 is 20.1 Å². The van der Waals surface area contributed by atoms with E-state index in [1.165, 1.54) is 13.5 Å². The number of hydrogen-bond donors (Lipinski definition) is 2. The second kappa shape index (κ2) is 13.6. The highest BCUT2D eigenvalue weighted by Gasteiger charge is 2.41. The van der Waals surface area contributed by atoms with Gasteiger partial charge in [-0.15, -0.1) is 0 Å². The number of Topliss-reactive ketones (excluding diaryl/α,β-unsaturated/α-hetero) is 1. The number of carbonyl (C=O) groups is 2. The SMILES string of the molecule is COC(=O)c1ccc(OC(C(=O)C(Nc2ccccc2C)c2ccc3ncoc3c2)[C@@H]2C[C@H](Oc3ccc4ccccc4c3)CN2)cc1. The van der Waals surface area contributed by atoms with Gasteiger partial charge in [0.2, 0.25) is 5.78 Å². The summed E-state index contributed by atoms with van der Waals surface area (Å²) in [5.74, 6) is 0.577. The van der Waals surface area contributed by atoms with Crippen molar-refractivity contribution in [3.05, 3.63) is 132 Å². The Morgan fingerprint density at radius 1 is 0.896 bits per heavy atom. The van der Waals surface area contributed by atoms with Crippen molar-refractivity contribution in [2.45, 2.75) is 37.6 Å². The maximum atomic E-state index is 14.9. The van der Waals surface area contributed by atoms with Crippen LogP contribution in [-0.4, -0.2) is 48.6 Å². The van der Waals surface area contributed by atoms with E-state index in [1.807, 2.05) is 79.7 Å². The van der Waals surface area contributed by atoms with Gasteiger partial charge in [0.05, 0.1) is 18.7 Å². The maximum absolute atomic E-state index is 14.9. The second-order valence-electron chi connectivity index (χ2n) is 11.9. The molecule has 2 unspecified atom stereocenters. The van der Waals surface area contributed by atoms with Gasteiger partial charge in [-0.1, -0.05) is 54.6 Å². The van der Waals surface area contributed by atoms with E-state index in [9.17, 15) is 9.59 Å². The monoisotopic (exact) mass is 641 g/mol. The first-order valence-electron chi connectivity index (χ1n) is 15.9. The molecule has 2 heterocycles. The normalized spacial score (nSPS) is 17.1. The van der Waals surface area contributed by atoms with Crippen LogP contribution in [-0.2, 0) is 9.53 Å². The molecule has 4 atom stereocenters. The number of oxazole rings is 1. The van der Waals surface area contributed by atoms with E-state index >= 15 is 0 Å². The highest BCUT2D eigenvalue weighted by molar-refractivity contribution is 5.94. The van der Waals surface area contributed by atoms with Gasteiger partial charge in [-0.3, -0.25) is 4.79 Å². The summed E-state index contributed by atoms with van der Waals surface area (Å²) < 4.78 is 23.4. The van der Waals surface area contributed by atoms with E-state index in [4.69, 9.17) is 18.6 Å². The summed E-state index contributed by atoms with van der Waals surface area (Å²) in [5.41, 5.74) is 4.20. The molecule has 5 aromatic carbocycles. The number of fused-ring (bicyclic) bond motifs is 2. The first-order valence-corrected chi connectivity index (χ1v) is 15.9. The van der Waals surface area contributed by atoms with Crippen LogP contribution in [0.4, 0.5) is 5.69 Å². The van der Waals surface area contributed by atoms with E-state index < -0.39 is 18.1 Å². The number of aryl methyl sites for hydroxylation is 1. The summed E-state index contributed by atoms with van der Waals surface area (Å²) >= 11 is 0. The molecule has 0 saturated carbocycles. The summed E-state index contributed by atoms with van der Waals surface area (Å²) in [6.07, 6.45) is 0.806. The molecular formula is C39H35N3O6. The van der Waals surface area contributed by atoms with Gasteiger partial charge in [0.15, 0.2) is 18.1 Å². The molecule has 2 N–H and O–H groups in total. The zero-order chi connectivity index (χ0) is 33.0. The van der Waals surface area contributed by atoms with Crippen LogP contribution in [0, 0.1) is 6.92 Å². The Kier molecular flexibility index (Phi) is 8.76. The van der Waals surface area contributed by atoms with E-state index in [1.54, 1.807) is 24.3 Å². The van der Waals surface area contributed by atoms with Gasteiger partial charge in [0.1, 0.15) is 29.2 Å². The van der Waals surface area contributed by atoms with Gasteiger partial charge in [-0.05, 0) is 83.4 Å². The molecule has 1 aromatic heterocycles. The van der Waals surface area contributed by atoms with Gasteiger partial charge in [0, 0.05) is 18.7 Å². The molecule has 1 aliphatic heterocycles. The average Bonchev–Trinajstić information content (AvgIpc) is 3.79. The van der Waals surface area contributed by atoms with Crippen LogP contribution in [0.1, 0.15) is 33.9 Å². The van der Waals surface area contributed by atoms with Crippen LogP contribution in [0.15, 0.2) is 120 Å². The van der Waals surface area contributed by atoms with Crippen LogP contribution >= 0.6 is 0 Å². The Morgan fingerprint density at radius 3 is 2.48 bits per heavy atom. The van der Waals surface area contributed by atoms with Crippen molar-refractivity contribution in [3.8, 4) is 11.5 Å². The predicted octanol–water partition coefficient (Wildman–Crippen LogP) is 7.06. The fourth-order valence-corrected chi connectivity index (χ4v) is 6.18. The summed E-state index contributed by atoms with van der Waals surface area (Å²) in [5, 5.41) is 9.24. The molecule has 0 bridgehead atoms. The fraction of sp³-hybridized carbons (Fsp3) is 0.205. The maximum Gasteiger partial charge on any atom is 0.337 e. The Labute approximate surface area is 277 Å². The Balaban J connectivity index is 1.20. The van der Waals surface area contributed by atoms with Crippen LogP contribution in [0.2, 0.25) is 0 Å². The third-order valence-corrected chi connectivity index (χ3v) is 8.75. The molecule has 1 saturated heterocycles. The number of hydrogen-bond acceptors (Lipinski definition) is 9. The quantitative estimate of drug-likeness (QED) is 0.144. The summed E-state index contributed by atoms with van der Waals surface area (Å²) in [7, 11) is 1.33. The van der Waals surface area contributed by atoms with Gasteiger partial charge in [-0.2, -0.15) is 0 Å². The van der Waals surface area contributed by atoms with Crippen LogP contribution in [0.25, 0.3) is 21.9 Å². The minimum atomic E-state index is -0.925. The number of benzene rings is 5. The van der Waals surface area contributed by atoms with Gasteiger partial charge in [-0.25, -0.2) is 9.78 Å². The number of aromatic nitrogens is 1. The van der Waals surface area contributed by atoms with Crippen molar-refractivity contribution in [2.24, 2.45) is 0 Å². The molecule has 1 fully saturated rings.